The van der Waals surface area contributed by atoms with Crippen LogP contribution in [0.4, 0.5) is 8.78 Å². The molecule has 2 aromatic carbocycles. The van der Waals surface area contributed by atoms with E-state index in [-0.39, 0.29) is 35.8 Å². The Kier molecular flexibility index (Phi) is 5.86. The number of carbonyl (C=O) groups is 1. The molecule has 1 aliphatic carbocycles. The second-order valence-corrected chi connectivity index (χ2v) is 9.57. The van der Waals surface area contributed by atoms with Crippen LogP contribution >= 0.6 is 0 Å². The molecule has 1 N–H and O–H groups in total. The number of sulfonamides is 1. The van der Waals surface area contributed by atoms with E-state index in [4.69, 9.17) is 0 Å². The van der Waals surface area contributed by atoms with Crippen molar-refractivity contribution in [3.05, 3.63) is 65.7 Å². The maximum Gasteiger partial charge on any atom is 0.243 e. The minimum atomic E-state index is -3.82. The van der Waals surface area contributed by atoms with Crippen molar-refractivity contribution in [2.75, 3.05) is 26.2 Å². The summed E-state index contributed by atoms with van der Waals surface area (Å²) in [6, 6.07) is 10.3. The number of halogens is 2. The molecular weight excluding hydrogens is 412 g/mol. The first-order chi connectivity index (χ1) is 14.3. The van der Waals surface area contributed by atoms with Crippen molar-refractivity contribution < 1.29 is 22.0 Å². The van der Waals surface area contributed by atoms with Crippen molar-refractivity contribution in [3.63, 3.8) is 0 Å². The highest BCUT2D eigenvalue weighted by Crippen LogP contribution is 2.27. The Balaban J connectivity index is 1.50. The van der Waals surface area contributed by atoms with Crippen molar-refractivity contribution in [3.8, 4) is 0 Å². The molecule has 0 bridgehead atoms. The Morgan fingerprint density at radius 2 is 1.63 bits per heavy atom. The number of amides is 1. The number of benzene rings is 2. The van der Waals surface area contributed by atoms with Gasteiger partial charge in [-0.3, -0.25) is 9.69 Å². The zero-order chi connectivity index (χ0) is 21.3. The van der Waals surface area contributed by atoms with E-state index in [0.717, 1.165) is 18.9 Å². The van der Waals surface area contributed by atoms with Gasteiger partial charge in [0, 0.05) is 32.2 Å². The lowest BCUT2D eigenvalue weighted by Crippen LogP contribution is -2.52. The van der Waals surface area contributed by atoms with Gasteiger partial charge in [0.05, 0.1) is 4.90 Å². The summed E-state index contributed by atoms with van der Waals surface area (Å²) in [5.41, 5.74) is 0.663. The van der Waals surface area contributed by atoms with E-state index in [1.807, 2.05) is 4.90 Å². The number of hydrogen-bond acceptors (Lipinski definition) is 4. The lowest BCUT2D eigenvalue weighted by molar-refractivity contribution is -0.127. The van der Waals surface area contributed by atoms with Crippen LogP contribution in [0.3, 0.4) is 0 Å². The normalized spacial score (nSPS) is 19.4. The Morgan fingerprint density at radius 1 is 0.967 bits per heavy atom. The highest BCUT2D eigenvalue weighted by atomic mass is 32.2. The first-order valence-corrected chi connectivity index (χ1v) is 11.3. The molecule has 2 fully saturated rings. The summed E-state index contributed by atoms with van der Waals surface area (Å²) in [6.45, 7) is 1.00. The fraction of sp³-hybridized carbons (Fsp3) is 0.381. The Labute approximate surface area is 174 Å². The molecule has 9 heteroatoms. The van der Waals surface area contributed by atoms with Crippen molar-refractivity contribution in [1.29, 1.82) is 0 Å². The maximum absolute atomic E-state index is 13.5. The summed E-state index contributed by atoms with van der Waals surface area (Å²) in [5, 5.41) is 2.99. The second-order valence-electron chi connectivity index (χ2n) is 7.63. The zero-order valence-electron chi connectivity index (χ0n) is 16.3. The zero-order valence-corrected chi connectivity index (χ0v) is 17.1. The third-order valence-corrected chi connectivity index (χ3v) is 7.32. The molecule has 2 aromatic rings. The van der Waals surface area contributed by atoms with Crippen LogP contribution in [0, 0.1) is 11.6 Å². The summed E-state index contributed by atoms with van der Waals surface area (Å²) < 4.78 is 53.8. The van der Waals surface area contributed by atoms with Gasteiger partial charge in [-0.15, -0.1) is 0 Å². The summed E-state index contributed by atoms with van der Waals surface area (Å²) >= 11 is 0. The summed E-state index contributed by atoms with van der Waals surface area (Å²) in [4.78, 5) is 14.7. The van der Waals surface area contributed by atoms with Crippen LogP contribution in [0.5, 0.6) is 0 Å². The Morgan fingerprint density at radius 3 is 2.23 bits per heavy atom. The molecule has 0 spiro atoms. The molecule has 30 heavy (non-hydrogen) atoms. The molecule has 1 atom stereocenters. The number of nitrogens with zero attached hydrogens (tertiary/aromatic N) is 2. The lowest BCUT2D eigenvalue weighted by Gasteiger charge is -2.38. The monoisotopic (exact) mass is 435 g/mol. The molecule has 0 unspecified atom stereocenters. The van der Waals surface area contributed by atoms with Crippen LogP contribution in [0.2, 0.25) is 0 Å². The summed E-state index contributed by atoms with van der Waals surface area (Å²) in [5.74, 6) is -1.15. The summed E-state index contributed by atoms with van der Waals surface area (Å²) in [7, 11) is -3.82. The number of nitrogens with one attached hydrogen (secondary N) is 1. The number of hydrogen-bond donors (Lipinski definition) is 1. The van der Waals surface area contributed by atoms with E-state index >= 15 is 0 Å². The minimum Gasteiger partial charge on any atom is -0.352 e. The van der Waals surface area contributed by atoms with Crippen LogP contribution in [-0.2, 0) is 14.8 Å². The van der Waals surface area contributed by atoms with E-state index in [0.29, 0.717) is 18.7 Å². The first-order valence-electron chi connectivity index (χ1n) is 9.90. The molecule has 1 saturated carbocycles. The topological polar surface area (TPSA) is 69.7 Å². The molecule has 0 radical (unpaired) electrons. The number of carbonyl (C=O) groups excluding carboxylic acids is 1. The standard InChI is InChI=1S/C21H23F2N3O3S/c22-16-6-4-15(5-7-16)20(21(27)24-18-8-9-18)25-10-12-26(13-11-25)30(28,29)19-3-1-2-17(23)14-19/h1-7,14,18,20H,8-13H2,(H,24,27)/t20-/m0/s1. The van der Waals surface area contributed by atoms with E-state index < -0.39 is 21.9 Å². The van der Waals surface area contributed by atoms with Gasteiger partial charge >= 0.3 is 0 Å². The van der Waals surface area contributed by atoms with Gasteiger partial charge in [-0.1, -0.05) is 18.2 Å². The van der Waals surface area contributed by atoms with Gasteiger partial charge in [0.15, 0.2) is 0 Å². The van der Waals surface area contributed by atoms with Crippen LogP contribution in [0.1, 0.15) is 24.4 Å². The van der Waals surface area contributed by atoms with Crippen molar-refractivity contribution in [1.82, 2.24) is 14.5 Å². The first kappa shape index (κ1) is 20.9. The molecule has 1 saturated heterocycles. The quantitative estimate of drug-likeness (QED) is 0.756. The molecule has 6 nitrogen and oxygen atoms in total. The van der Waals surface area contributed by atoms with Crippen molar-refractivity contribution in [2.45, 2.75) is 29.8 Å². The fourth-order valence-electron chi connectivity index (χ4n) is 3.66. The highest BCUT2D eigenvalue weighted by Gasteiger charge is 2.36. The van der Waals surface area contributed by atoms with Crippen LogP contribution in [0.25, 0.3) is 0 Å². The van der Waals surface area contributed by atoms with E-state index in [2.05, 4.69) is 5.32 Å². The SMILES string of the molecule is O=C(NC1CC1)[C@H](c1ccc(F)cc1)N1CCN(S(=O)(=O)c2cccc(F)c2)CC1. The number of piperazine rings is 1. The largest absolute Gasteiger partial charge is 0.352 e. The molecule has 1 heterocycles. The van der Waals surface area contributed by atoms with Gasteiger partial charge in [-0.2, -0.15) is 4.31 Å². The van der Waals surface area contributed by atoms with Crippen LogP contribution in [0.15, 0.2) is 53.4 Å². The van der Waals surface area contributed by atoms with Gasteiger partial charge in [0.1, 0.15) is 17.7 Å². The molecule has 2 aliphatic rings. The second kappa shape index (κ2) is 8.41. The molecule has 1 amide bonds. The minimum absolute atomic E-state index is 0.0856. The third kappa shape index (κ3) is 4.53. The van der Waals surface area contributed by atoms with Crippen LogP contribution in [-0.4, -0.2) is 55.8 Å². The average molecular weight is 435 g/mol. The predicted octanol–water partition coefficient (Wildman–Crippen LogP) is 2.29. The van der Waals surface area contributed by atoms with Gasteiger partial charge in [-0.25, -0.2) is 17.2 Å². The fourth-order valence-corrected chi connectivity index (χ4v) is 5.11. The summed E-state index contributed by atoms with van der Waals surface area (Å²) in [6.07, 6.45) is 1.89. The predicted molar refractivity (Wildman–Crippen MR) is 107 cm³/mol. The molecule has 0 aromatic heterocycles. The Bertz CT molecular complexity index is 1020. The molecule has 4 rings (SSSR count). The van der Waals surface area contributed by atoms with E-state index in [9.17, 15) is 22.0 Å². The third-order valence-electron chi connectivity index (χ3n) is 5.43. The van der Waals surface area contributed by atoms with Gasteiger partial charge < -0.3 is 5.32 Å². The average Bonchev–Trinajstić information content (AvgIpc) is 3.54. The van der Waals surface area contributed by atoms with E-state index in [1.165, 1.54) is 34.6 Å². The van der Waals surface area contributed by atoms with Gasteiger partial charge in [0.25, 0.3) is 0 Å². The molecule has 160 valence electrons. The van der Waals surface area contributed by atoms with Crippen LogP contribution < -0.4 is 5.32 Å². The van der Waals surface area contributed by atoms with Gasteiger partial charge in [-0.05, 0) is 48.7 Å². The molecular formula is C21H23F2N3O3S. The maximum atomic E-state index is 13.5. The van der Waals surface area contributed by atoms with E-state index in [1.54, 1.807) is 12.1 Å². The smallest absolute Gasteiger partial charge is 0.243 e. The van der Waals surface area contributed by atoms with Gasteiger partial charge in [0.2, 0.25) is 15.9 Å². The highest BCUT2D eigenvalue weighted by molar-refractivity contribution is 7.89. The van der Waals surface area contributed by atoms with Crippen molar-refractivity contribution >= 4 is 15.9 Å². The van der Waals surface area contributed by atoms with Crippen molar-refractivity contribution in [2.24, 2.45) is 0 Å². The number of rotatable bonds is 6. The molecule has 1 aliphatic heterocycles. The lowest BCUT2D eigenvalue weighted by atomic mass is 10.0. The Hall–Kier alpha value is -2.36.